The van der Waals surface area contributed by atoms with E-state index >= 15 is 0 Å². The molecule has 0 aliphatic rings. The molecular formula is C11H16O2. The summed E-state index contributed by atoms with van der Waals surface area (Å²) in [4.78, 5) is 0. The van der Waals surface area contributed by atoms with Crippen LogP contribution in [0.3, 0.4) is 0 Å². The lowest BCUT2D eigenvalue weighted by molar-refractivity contribution is -0.0146. The summed E-state index contributed by atoms with van der Waals surface area (Å²) < 4.78 is 10.8. The van der Waals surface area contributed by atoms with E-state index in [2.05, 4.69) is 0 Å². The normalized spacial score (nSPS) is 11.3. The minimum absolute atomic E-state index is 0.226. The van der Waals surface area contributed by atoms with E-state index in [0.717, 1.165) is 5.75 Å². The zero-order chi connectivity index (χ0) is 9.73. The van der Waals surface area contributed by atoms with Gasteiger partial charge in [0.25, 0.3) is 0 Å². The number of methoxy groups -OCH3 is 1. The Kier molecular flexibility index (Phi) is 3.32. The lowest BCUT2D eigenvalue weighted by Crippen LogP contribution is -2.30. The predicted molar refractivity (Wildman–Crippen MR) is 53.0 cm³/mol. The summed E-state index contributed by atoms with van der Waals surface area (Å²) in [6.45, 7) is 4.55. The summed E-state index contributed by atoms with van der Waals surface area (Å²) in [6.07, 6.45) is 0. The number of para-hydroxylation sites is 1. The summed E-state index contributed by atoms with van der Waals surface area (Å²) >= 11 is 0. The molecule has 0 bridgehead atoms. The highest BCUT2D eigenvalue weighted by Crippen LogP contribution is 2.13. The fourth-order valence-corrected chi connectivity index (χ4v) is 0.833. The fourth-order valence-electron chi connectivity index (χ4n) is 0.833. The van der Waals surface area contributed by atoms with Crippen LogP contribution in [0.2, 0.25) is 0 Å². The third kappa shape index (κ3) is 3.47. The molecule has 0 saturated carbocycles. The van der Waals surface area contributed by atoms with Crippen LogP contribution in [0.1, 0.15) is 13.8 Å². The maximum atomic E-state index is 5.54. The molecule has 13 heavy (non-hydrogen) atoms. The second kappa shape index (κ2) is 4.28. The van der Waals surface area contributed by atoms with E-state index in [9.17, 15) is 0 Å². The van der Waals surface area contributed by atoms with Crippen molar-refractivity contribution in [3.05, 3.63) is 30.3 Å². The molecular weight excluding hydrogens is 164 g/mol. The van der Waals surface area contributed by atoms with Crippen molar-refractivity contribution in [2.45, 2.75) is 19.4 Å². The van der Waals surface area contributed by atoms with Gasteiger partial charge in [-0.1, -0.05) is 18.2 Å². The summed E-state index contributed by atoms with van der Waals surface area (Å²) in [5.41, 5.74) is -0.226. The monoisotopic (exact) mass is 180 g/mol. The van der Waals surface area contributed by atoms with Crippen molar-refractivity contribution in [1.82, 2.24) is 0 Å². The van der Waals surface area contributed by atoms with Crippen LogP contribution in [-0.4, -0.2) is 19.3 Å². The fraction of sp³-hybridized carbons (Fsp3) is 0.455. The Morgan fingerprint density at radius 2 is 1.77 bits per heavy atom. The molecule has 0 amide bonds. The van der Waals surface area contributed by atoms with E-state index in [1.807, 2.05) is 44.2 Å². The van der Waals surface area contributed by atoms with Gasteiger partial charge >= 0.3 is 0 Å². The molecule has 1 aromatic carbocycles. The van der Waals surface area contributed by atoms with Crippen molar-refractivity contribution in [3.63, 3.8) is 0 Å². The van der Waals surface area contributed by atoms with Crippen LogP contribution in [0.4, 0.5) is 0 Å². The van der Waals surface area contributed by atoms with E-state index in [1.165, 1.54) is 0 Å². The van der Waals surface area contributed by atoms with Gasteiger partial charge in [-0.05, 0) is 26.0 Å². The Hall–Kier alpha value is -1.02. The van der Waals surface area contributed by atoms with E-state index < -0.39 is 0 Å². The zero-order valence-corrected chi connectivity index (χ0v) is 8.41. The van der Waals surface area contributed by atoms with E-state index in [0.29, 0.717) is 6.61 Å². The Morgan fingerprint density at radius 1 is 1.15 bits per heavy atom. The van der Waals surface area contributed by atoms with Crippen LogP contribution in [0.5, 0.6) is 5.75 Å². The van der Waals surface area contributed by atoms with Crippen molar-refractivity contribution in [2.24, 2.45) is 0 Å². The number of benzene rings is 1. The first-order chi connectivity index (χ1) is 6.14. The zero-order valence-electron chi connectivity index (χ0n) is 8.41. The smallest absolute Gasteiger partial charge is 0.119 e. The largest absolute Gasteiger partial charge is 0.491 e. The van der Waals surface area contributed by atoms with Crippen molar-refractivity contribution in [3.8, 4) is 5.75 Å². The third-order valence-corrected chi connectivity index (χ3v) is 1.88. The quantitative estimate of drug-likeness (QED) is 0.708. The number of hydrogen-bond acceptors (Lipinski definition) is 2. The van der Waals surface area contributed by atoms with Gasteiger partial charge in [0.1, 0.15) is 12.4 Å². The van der Waals surface area contributed by atoms with Crippen LogP contribution in [0, 0.1) is 0 Å². The standard InChI is InChI=1S/C11H16O2/c1-11(2,12-3)9-13-10-7-5-4-6-8-10/h4-8H,9H2,1-3H3. The molecule has 2 heteroatoms. The Balaban J connectivity index is 2.44. The molecule has 0 fully saturated rings. The lowest BCUT2D eigenvalue weighted by Gasteiger charge is -2.22. The molecule has 0 radical (unpaired) electrons. The van der Waals surface area contributed by atoms with Crippen molar-refractivity contribution in [2.75, 3.05) is 13.7 Å². The number of hydrogen-bond donors (Lipinski definition) is 0. The molecule has 0 heterocycles. The maximum absolute atomic E-state index is 5.54. The minimum Gasteiger partial charge on any atom is -0.491 e. The van der Waals surface area contributed by atoms with Crippen LogP contribution in [0.15, 0.2) is 30.3 Å². The van der Waals surface area contributed by atoms with Gasteiger partial charge in [0.2, 0.25) is 0 Å². The van der Waals surface area contributed by atoms with Crippen LogP contribution in [0.25, 0.3) is 0 Å². The molecule has 0 spiro atoms. The highest BCUT2D eigenvalue weighted by atomic mass is 16.5. The highest BCUT2D eigenvalue weighted by Gasteiger charge is 2.16. The molecule has 0 saturated heterocycles. The molecule has 0 atom stereocenters. The second-order valence-electron chi connectivity index (χ2n) is 3.57. The summed E-state index contributed by atoms with van der Waals surface area (Å²) in [7, 11) is 1.69. The number of rotatable bonds is 4. The average Bonchev–Trinajstić information content (AvgIpc) is 2.17. The highest BCUT2D eigenvalue weighted by molar-refractivity contribution is 5.20. The van der Waals surface area contributed by atoms with Gasteiger partial charge in [0.05, 0.1) is 5.60 Å². The summed E-state index contributed by atoms with van der Waals surface area (Å²) in [6, 6.07) is 9.75. The van der Waals surface area contributed by atoms with Crippen molar-refractivity contribution < 1.29 is 9.47 Å². The Labute approximate surface area is 79.5 Å². The molecule has 0 unspecified atom stereocenters. The number of ether oxygens (including phenoxy) is 2. The molecule has 1 rings (SSSR count). The Morgan fingerprint density at radius 3 is 2.31 bits per heavy atom. The van der Waals surface area contributed by atoms with Crippen LogP contribution < -0.4 is 4.74 Å². The van der Waals surface area contributed by atoms with Gasteiger partial charge in [-0.25, -0.2) is 0 Å². The molecule has 72 valence electrons. The van der Waals surface area contributed by atoms with E-state index in [1.54, 1.807) is 7.11 Å². The predicted octanol–water partition coefficient (Wildman–Crippen LogP) is 2.49. The Bertz CT molecular complexity index is 242. The molecule has 0 aliphatic carbocycles. The first kappa shape index (κ1) is 10.1. The molecule has 0 aliphatic heterocycles. The van der Waals surface area contributed by atoms with Crippen LogP contribution >= 0.6 is 0 Å². The summed E-state index contributed by atoms with van der Waals surface area (Å²) in [5, 5.41) is 0. The SMILES string of the molecule is COC(C)(C)COc1ccccc1. The van der Waals surface area contributed by atoms with Crippen LogP contribution in [-0.2, 0) is 4.74 Å². The van der Waals surface area contributed by atoms with Crippen molar-refractivity contribution >= 4 is 0 Å². The van der Waals surface area contributed by atoms with Crippen molar-refractivity contribution in [1.29, 1.82) is 0 Å². The first-order valence-corrected chi connectivity index (χ1v) is 4.37. The van der Waals surface area contributed by atoms with Gasteiger partial charge in [-0.3, -0.25) is 0 Å². The van der Waals surface area contributed by atoms with Gasteiger partial charge < -0.3 is 9.47 Å². The molecule has 1 aromatic rings. The lowest BCUT2D eigenvalue weighted by atomic mass is 10.1. The average molecular weight is 180 g/mol. The molecule has 0 aromatic heterocycles. The van der Waals surface area contributed by atoms with E-state index in [-0.39, 0.29) is 5.60 Å². The molecule has 0 N–H and O–H groups in total. The molecule has 2 nitrogen and oxygen atoms in total. The van der Waals surface area contributed by atoms with Gasteiger partial charge in [-0.15, -0.1) is 0 Å². The topological polar surface area (TPSA) is 18.5 Å². The van der Waals surface area contributed by atoms with Gasteiger partial charge in [0, 0.05) is 7.11 Å². The van der Waals surface area contributed by atoms with E-state index in [4.69, 9.17) is 9.47 Å². The van der Waals surface area contributed by atoms with Gasteiger partial charge in [-0.2, -0.15) is 0 Å². The summed E-state index contributed by atoms with van der Waals surface area (Å²) in [5.74, 6) is 0.882. The first-order valence-electron chi connectivity index (χ1n) is 4.37. The minimum atomic E-state index is -0.226. The third-order valence-electron chi connectivity index (χ3n) is 1.88. The maximum Gasteiger partial charge on any atom is 0.119 e. The van der Waals surface area contributed by atoms with Gasteiger partial charge in [0.15, 0.2) is 0 Å². The second-order valence-corrected chi connectivity index (χ2v) is 3.57.